The van der Waals surface area contributed by atoms with Crippen LogP contribution in [0.15, 0.2) is 93.4 Å². The first-order valence-electron chi connectivity index (χ1n) is 8.96. The van der Waals surface area contributed by atoms with Gasteiger partial charge in [0.15, 0.2) is 0 Å². The van der Waals surface area contributed by atoms with Gasteiger partial charge in [0.05, 0.1) is 10.0 Å². The van der Waals surface area contributed by atoms with Crippen LogP contribution in [0, 0.1) is 0 Å². The van der Waals surface area contributed by atoms with Gasteiger partial charge in [-0.15, -0.1) is 0 Å². The highest BCUT2D eigenvalue weighted by atomic mass is 79.9. The Bertz CT molecular complexity index is 1100. The fraction of sp³-hybridized carbons (Fsp3) is 0.0417. The number of halogens is 2. The summed E-state index contributed by atoms with van der Waals surface area (Å²) < 4.78 is 13.1. The molecule has 0 N–H and O–H groups in total. The second kappa shape index (κ2) is 8.80. The summed E-state index contributed by atoms with van der Waals surface area (Å²) in [7, 11) is 0. The third kappa shape index (κ3) is 4.86. The van der Waals surface area contributed by atoms with Crippen molar-refractivity contribution >= 4 is 49.7 Å². The first-order chi connectivity index (χ1) is 14.1. The minimum absolute atomic E-state index is 0.358. The van der Waals surface area contributed by atoms with E-state index in [-0.39, 0.29) is 5.97 Å². The van der Waals surface area contributed by atoms with E-state index >= 15 is 0 Å². The molecule has 0 aromatic heterocycles. The van der Waals surface area contributed by atoms with Crippen molar-refractivity contribution in [2.75, 3.05) is 0 Å². The molecule has 1 aliphatic rings. The van der Waals surface area contributed by atoms with E-state index in [1.807, 2.05) is 72.8 Å². The first kappa shape index (κ1) is 19.7. The van der Waals surface area contributed by atoms with Crippen molar-refractivity contribution in [2.24, 2.45) is 0 Å². The summed E-state index contributed by atoms with van der Waals surface area (Å²) in [5.41, 5.74) is 3.35. The molecule has 3 aromatic carbocycles. The summed E-state index contributed by atoms with van der Waals surface area (Å²) in [4.78, 5) is 12.3. The van der Waals surface area contributed by atoms with Gasteiger partial charge in [-0.25, -0.2) is 4.79 Å². The molecule has 1 heterocycles. The maximum Gasteiger partial charge on any atom is 0.343 e. The number of rotatable bonds is 5. The Morgan fingerprint density at radius 1 is 0.931 bits per heavy atom. The second-order valence-corrected chi connectivity index (χ2v) is 8.24. The summed E-state index contributed by atoms with van der Waals surface area (Å²) in [5.74, 6) is 0.940. The normalized spacial score (nSPS) is 14.6. The molecule has 0 fully saturated rings. The van der Waals surface area contributed by atoms with Crippen molar-refractivity contribution in [3.8, 4) is 5.75 Å². The summed E-state index contributed by atoms with van der Waals surface area (Å²) in [6.45, 7) is 0.492. The fourth-order valence-electron chi connectivity index (χ4n) is 2.88. The van der Waals surface area contributed by atoms with Crippen LogP contribution < -0.4 is 4.74 Å². The molecular weight excluding hydrogens is 496 g/mol. The highest BCUT2D eigenvalue weighted by Gasteiger charge is 2.22. The molecule has 0 amide bonds. The Hall–Kier alpha value is -2.63. The quantitative estimate of drug-likeness (QED) is 0.280. The lowest BCUT2D eigenvalue weighted by Gasteiger charge is -2.09. The fourth-order valence-corrected chi connectivity index (χ4v) is 3.66. The Morgan fingerprint density at radius 2 is 1.69 bits per heavy atom. The van der Waals surface area contributed by atoms with Gasteiger partial charge in [0.1, 0.15) is 18.1 Å². The van der Waals surface area contributed by atoms with Gasteiger partial charge in [0.25, 0.3) is 0 Å². The van der Waals surface area contributed by atoms with Gasteiger partial charge in [-0.2, -0.15) is 0 Å². The number of benzene rings is 3. The zero-order valence-electron chi connectivity index (χ0n) is 15.3. The zero-order chi connectivity index (χ0) is 20.2. The summed E-state index contributed by atoms with van der Waals surface area (Å²) >= 11 is 6.96. The molecular formula is C24H16Br2O3. The van der Waals surface area contributed by atoms with E-state index in [2.05, 4.69) is 31.9 Å². The van der Waals surface area contributed by atoms with Crippen molar-refractivity contribution in [3.63, 3.8) is 0 Å². The molecule has 0 unspecified atom stereocenters. The van der Waals surface area contributed by atoms with E-state index in [4.69, 9.17) is 9.47 Å². The van der Waals surface area contributed by atoms with Crippen LogP contribution in [0.5, 0.6) is 5.75 Å². The lowest BCUT2D eigenvalue weighted by molar-refractivity contribution is -0.130. The molecule has 1 aliphatic heterocycles. The average molecular weight is 512 g/mol. The highest BCUT2D eigenvalue weighted by molar-refractivity contribution is 9.10. The van der Waals surface area contributed by atoms with Gasteiger partial charge < -0.3 is 9.47 Å². The van der Waals surface area contributed by atoms with Crippen molar-refractivity contribution in [3.05, 3.63) is 110 Å². The molecule has 29 heavy (non-hydrogen) atoms. The Balaban J connectivity index is 1.51. The molecule has 0 saturated carbocycles. The van der Waals surface area contributed by atoms with E-state index in [1.54, 1.807) is 12.2 Å². The molecule has 0 aliphatic carbocycles. The smallest absolute Gasteiger partial charge is 0.343 e. The maximum absolute atomic E-state index is 12.3. The highest BCUT2D eigenvalue weighted by Crippen LogP contribution is 2.31. The number of hydrogen-bond donors (Lipinski definition) is 0. The predicted octanol–water partition coefficient (Wildman–Crippen LogP) is 6.77. The van der Waals surface area contributed by atoms with Crippen LogP contribution >= 0.6 is 31.9 Å². The topological polar surface area (TPSA) is 35.5 Å². The first-order valence-corrected chi connectivity index (χ1v) is 10.5. The summed E-state index contributed by atoms with van der Waals surface area (Å²) in [5, 5.41) is 0. The number of carbonyl (C=O) groups is 1. The molecule has 0 bridgehead atoms. The molecule has 0 radical (unpaired) electrons. The summed E-state index contributed by atoms with van der Waals surface area (Å²) in [6, 6.07) is 23.4. The molecule has 4 rings (SSSR count). The third-order valence-electron chi connectivity index (χ3n) is 4.37. The number of cyclic esters (lactones) is 1. The second-order valence-electron chi connectivity index (χ2n) is 6.47. The van der Waals surface area contributed by atoms with Crippen LogP contribution in [0.2, 0.25) is 0 Å². The number of hydrogen-bond acceptors (Lipinski definition) is 3. The molecule has 144 valence electrons. The SMILES string of the molecule is O=C1OC(c2ccc(Br)cc2)=C/C1=C\c1ccc(OCc2ccccc2)c(Br)c1. The van der Waals surface area contributed by atoms with Gasteiger partial charge in [-0.3, -0.25) is 0 Å². The molecule has 5 heteroatoms. The van der Waals surface area contributed by atoms with E-state index in [0.29, 0.717) is 17.9 Å². The average Bonchev–Trinajstić information content (AvgIpc) is 3.09. The largest absolute Gasteiger partial charge is 0.488 e. The Kier molecular flexibility index (Phi) is 5.97. The monoisotopic (exact) mass is 510 g/mol. The molecule has 3 aromatic rings. The zero-order valence-corrected chi connectivity index (χ0v) is 18.4. The molecule has 3 nitrogen and oxygen atoms in total. The van der Waals surface area contributed by atoms with Crippen LogP contribution in [-0.2, 0) is 16.1 Å². The Labute approximate surface area is 185 Å². The van der Waals surface area contributed by atoms with Crippen LogP contribution in [0.4, 0.5) is 0 Å². The molecule has 0 spiro atoms. The van der Waals surface area contributed by atoms with E-state index in [1.165, 1.54) is 0 Å². The van der Waals surface area contributed by atoms with Crippen LogP contribution in [0.25, 0.3) is 11.8 Å². The molecule has 0 saturated heterocycles. The lowest BCUT2D eigenvalue weighted by Crippen LogP contribution is -1.97. The maximum atomic E-state index is 12.3. The number of carbonyl (C=O) groups excluding carboxylic acids is 1. The minimum atomic E-state index is -0.358. The van der Waals surface area contributed by atoms with Gasteiger partial charge in [-0.05, 0) is 63.5 Å². The third-order valence-corrected chi connectivity index (χ3v) is 5.52. The van der Waals surface area contributed by atoms with Crippen molar-refractivity contribution in [1.29, 1.82) is 0 Å². The minimum Gasteiger partial charge on any atom is -0.488 e. The van der Waals surface area contributed by atoms with Gasteiger partial charge >= 0.3 is 5.97 Å². The summed E-state index contributed by atoms with van der Waals surface area (Å²) in [6.07, 6.45) is 3.57. The van der Waals surface area contributed by atoms with Crippen molar-refractivity contribution < 1.29 is 14.3 Å². The van der Waals surface area contributed by atoms with Crippen molar-refractivity contribution in [2.45, 2.75) is 6.61 Å². The van der Waals surface area contributed by atoms with Gasteiger partial charge in [-0.1, -0.05) is 64.5 Å². The van der Waals surface area contributed by atoms with Crippen LogP contribution in [-0.4, -0.2) is 5.97 Å². The predicted molar refractivity (Wildman–Crippen MR) is 121 cm³/mol. The van der Waals surface area contributed by atoms with E-state index < -0.39 is 0 Å². The van der Waals surface area contributed by atoms with Gasteiger partial charge in [0, 0.05) is 10.0 Å². The van der Waals surface area contributed by atoms with Gasteiger partial charge in [0.2, 0.25) is 0 Å². The van der Waals surface area contributed by atoms with Crippen LogP contribution in [0.3, 0.4) is 0 Å². The Morgan fingerprint density at radius 3 is 2.41 bits per heavy atom. The standard InChI is InChI=1S/C24H16Br2O3/c25-20-9-7-18(8-10-20)23-14-19(24(27)29-23)12-17-6-11-22(21(26)13-17)28-15-16-4-2-1-3-5-16/h1-14H,15H2/b19-12+. The van der Waals surface area contributed by atoms with Crippen LogP contribution in [0.1, 0.15) is 16.7 Å². The van der Waals surface area contributed by atoms with Crippen molar-refractivity contribution in [1.82, 2.24) is 0 Å². The number of ether oxygens (including phenoxy) is 2. The molecule has 0 atom stereocenters. The van der Waals surface area contributed by atoms with E-state index in [0.717, 1.165) is 31.4 Å². The number of esters is 1. The van der Waals surface area contributed by atoms with E-state index in [9.17, 15) is 4.79 Å². The lowest BCUT2D eigenvalue weighted by atomic mass is 10.1.